The lowest BCUT2D eigenvalue weighted by molar-refractivity contribution is 0.576. The van der Waals surface area contributed by atoms with Gasteiger partial charge < -0.3 is 5.32 Å². The highest BCUT2D eigenvalue weighted by atomic mass is 19.1. The zero-order valence-corrected chi connectivity index (χ0v) is 11.1. The first kappa shape index (κ1) is 13.7. The Hall–Kier alpha value is -1.74. The van der Waals surface area contributed by atoms with Crippen molar-refractivity contribution in [1.29, 1.82) is 0 Å². The summed E-state index contributed by atoms with van der Waals surface area (Å²) < 4.78 is 27.4. The van der Waals surface area contributed by atoms with Crippen molar-refractivity contribution in [3.8, 4) is 11.1 Å². The first-order chi connectivity index (χ1) is 9.17. The minimum Gasteiger partial charge on any atom is -0.313 e. The van der Waals surface area contributed by atoms with Crippen LogP contribution in [0.4, 0.5) is 8.78 Å². The lowest BCUT2D eigenvalue weighted by Gasteiger charge is -2.15. The van der Waals surface area contributed by atoms with E-state index in [0.717, 1.165) is 12.0 Å². The third-order valence-electron chi connectivity index (χ3n) is 3.32. The Morgan fingerprint density at radius 3 is 2.05 bits per heavy atom. The van der Waals surface area contributed by atoms with E-state index >= 15 is 0 Å². The van der Waals surface area contributed by atoms with Crippen LogP contribution in [-0.4, -0.2) is 7.05 Å². The van der Waals surface area contributed by atoms with Crippen molar-refractivity contribution in [2.24, 2.45) is 0 Å². The molecule has 0 aliphatic rings. The fraction of sp³-hybridized carbons (Fsp3) is 0.250. The third-order valence-corrected chi connectivity index (χ3v) is 3.32. The van der Waals surface area contributed by atoms with Gasteiger partial charge in [-0.2, -0.15) is 0 Å². The normalized spacial score (nSPS) is 12.4. The van der Waals surface area contributed by atoms with Crippen LogP contribution in [0.2, 0.25) is 0 Å². The zero-order valence-electron chi connectivity index (χ0n) is 11.1. The quantitative estimate of drug-likeness (QED) is 0.865. The van der Waals surface area contributed by atoms with Gasteiger partial charge in [-0.3, -0.25) is 0 Å². The van der Waals surface area contributed by atoms with Crippen molar-refractivity contribution < 1.29 is 8.78 Å². The molecule has 0 spiro atoms. The van der Waals surface area contributed by atoms with E-state index in [1.807, 2.05) is 19.2 Å². The Balaban J connectivity index is 2.38. The van der Waals surface area contributed by atoms with Crippen LogP contribution in [-0.2, 0) is 0 Å². The molecule has 0 amide bonds. The molecular weight excluding hydrogens is 244 g/mol. The highest BCUT2D eigenvalue weighted by Crippen LogP contribution is 2.27. The van der Waals surface area contributed by atoms with Crippen molar-refractivity contribution in [2.75, 3.05) is 7.05 Å². The molecular formula is C16H17F2N. The first-order valence-electron chi connectivity index (χ1n) is 6.39. The topological polar surface area (TPSA) is 12.0 Å². The largest absolute Gasteiger partial charge is 0.313 e. The second kappa shape index (κ2) is 5.93. The van der Waals surface area contributed by atoms with E-state index in [9.17, 15) is 8.78 Å². The average Bonchev–Trinajstić information content (AvgIpc) is 2.41. The molecule has 0 aliphatic carbocycles. The van der Waals surface area contributed by atoms with Crippen LogP contribution in [0.3, 0.4) is 0 Å². The number of halogens is 2. The summed E-state index contributed by atoms with van der Waals surface area (Å²) in [7, 11) is 1.90. The van der Waals surface area contributed by atoms with E-state index < -0.39 is 11.6 Å². The molecule has 1 atom stereocenters. The summed E-state index contributed by atoms with van der Waals surface area (Å²) in [6.07, 6.45) is 0.962. The van der Waals surface area contributed by atoms with E-state index in [0.29, 0.717) is 5.56 Å². The van der Waals surface area contributed by atoms with Crippen LogP contribution < -0.4 is 5.32 Å². The second-order valence-corrected chi connectivity index (χ2v) is 4.47. The maximum absolute atomic E-state index is 13.7. The minimum atomic E-state index is -0.534. The van der Waals surface area contributed by atoms with Gasteiger partial charge in [0, 0.05) is 6.04 Å². The summed E-state index contributed by atoms with van der Waals surface area (Å²) >= 11 is 0. The molecule has 3 heteroatoms. The number of nitrogens with one attached hydrogen (secondary N) is 1. The molecule has 2 aromatic rings. The number of benzene rings is 2. The summed E-state index contributed by atoms with van der Waals surface area (Å²) in [6.45, 7) is 2.09. The first-order valence-corrected chi connectivity index (χ1v) is 6.39. The molecule has 0 bridgehead atoms. The molecule has 1 nitrogen and oxygen atoms in total. The third kappa shape index (κ3) is 2.82. The van der Waals surface area contributed by atoms with Crippen LogP contribution in [0.5, 0.6) is 0 Å². The van der Waals surface area contributed by atoms with Crippen LogP contribution >= 0.6 is 0 Å². The van der Waals surface area contributed by atoms with E-state index in [-0.39, 0.29) is 11.6 Å². The standard InChI is InChI=1S/C16H17F2N/c1-3-15(19-2)11-7-9-12(10-8-11)16-13(17)5-4-6-14(16)18/h4-10,15,19H,3H2,1-2H3. The lowest BCUT2D eigenvalue weighted by atomic mass is 9.99. The van der Waals surface area contributed by atoms with Crippen LogP contribution in [0.15, 0.2) is 42.5 Å². The molecule has 2 rings (SSSR count). The van der Waals surface area contributed by atoms with E-state index in [1.54, 1.807) is 12.1 Å². The molecule has 0 aromatic heterocycles. The van der Waals surface area contributed by atoms with Crippen molar-refractivity contribution in [3.63, 3.8) is 0 Å². The summed E-state index contributed by atoms with van der Waals surface area (Å²) in [4.78, 5) is 0. The molecule has 0 heterocycles. The zero-order chi connectivity index (χ0) is 13.8. The van der Waals surface area contributed by atoms with Crippen molar-refractivity contribution in [3.05, 3.63) is 59.7 Å². The maximum Gasteiger partial charge on any atom is 0.133 e. The molecule has 2 aromatic carbocycles. The summed E-state index contributed by atoms with van der Waals surface area (Å²) in [5.74, 6) is -1.07. The Bertz CT molecular complexity index is 525. The smallest absolute Gasteiger partial charge is 0.133 e. The molecule has 0 saturated carbocycles. The Morgan fingerprint density at radius 1 is 1.00 bits per heavy atom. The van der Waals surface area contributed by atoms with Crippen molar-refractivity contribution in [1.82, 2.24) is 5.32 Å². The summed E-state index contributed by atoms with van der Waals surface area (Å²) in [5, 5.41) is 3.20. The molecule has 1 unspecified atom stereocenters. The van der Waals surface area contributed by atoms with Gasteiger partial charge in [0.1, 0.15) is 11.6 Å². The van der Waals surface area contributed by atoms with Crippen molar-refractivity contribution >= 4 is 0 Å². The van der Waals surface area contributed by atoms with Gasteiger partial charge in [-0.25, -0.2) is 8.78 Å². The van der Waals surface area contributed by atoms with Crippen molar-refractivity contribution in [2.45, 2.75) is 19.4 Å². The Labute approximate surface area is 112 Å². The van der Waals surface area contributed by atoms with E-state index in [1.165, 1.54) is 18.2 Å². The van der Waals surface area contributed by atoms with E-state index in [4.69, 9.17) is 0 Å². The summed E-state index contributed by atoms with van der Waals surface area (Å²) in [6, 6.07) is 11.5. The highest BCUT2D eigenvalue weighted by molar-refractivity contribution is 5.65. The Kier molecular flexibility index (Phi) is 4.27. The van der Waals surface area contributed by atoms with Gasteiger partial charge in [0.25, 0.3) is 0 Å². The van der Waals surface area contributed by atoms with Gasteiger partial charge in [0.15, 0.2) is 0 Å². The molecule has 100 valence electrons. The molecule has 1 N–H and O–H groups in total. The molecule has 0 radical (unpaired) electrons. The predicted octanol–water partition coefficient (Wildman–Crippen LogP) is 4.30. The predicted molar refractivity (Wildman–Crippen MR) is 73.9 cm³/mol. The Morgan fingerprint density at radius 2 is 1.58 bits per heavy atom. The number of hydrogen-bond acceptors (Lipinski definition) is 1. The van der Waals surface area contributed by atoms with Gasteiger partial charge >= 0.3 is 0 Å². The molecule has 19 heavy (non-hydrogen) atoms. The van der Waals surface area contributed by atoms with Gasteiger partial charge in [-0.1, -0.05) is 37.3 Å². The number of hydrogen-bond donors (Lipinski definition) is 1. The summed E-state index contributed by atoms with van der Waals surface area (Å²) in [5.41, 5.74) is 1.71. The van der Waals surface area contributed by atoms with Crippen LogP contribution in [0.25, 0.3) is 11.1 Å². The molecule has 0 aliphatic heterocycles. The van der Waals surface area contributed by atoms with Crippen LogP contribution in [0, 0.1) is 11.6 Å². The SMILES string of the molecule is CCC(NC)c1ccc(-c2c(F)cccc2F)cc1. The molecule has 0 fully saturated rings. The fourth-order valence-corrected chi connectivity index (χ4v) is 2.26. The van der Waals surface area contributed by atoms with Crippen LogP contribution in [0.1, 0.15) is 24.9 Å². The van der Waals surface area contributed by atoms with Gasteiger partial charge in [0.05, 0.1) is 5.56 Å². The fourth-order valence-electron chi connectivity index (χ4n) is 2.26. The van der Waals surface area contributed by atoms with Gasteiger partial charge in [0.2, 0.25) is 0 Å². The van der Waals surface area contributed by atoms with Gasteiger partial charge in [-0.05, 0) is 36.7 Å². The average molecular weight is 261 g/mol. The second-order valence-electron chi connectivity index (χ2n) is 4.47. The lowest BCUT2D eigenvalue weighted by Crippen LogP contribution is -2.14. The monoisotopic (exact) mass is 261 g/mol. The van der Waals surface area contributed by atoms with E-state index in [2.05, 4.69) is 12.2 Å². The minimum absolute atomic E-state index is 0.0338. The molecule has 0 saturated heterocycles. The highest BCUT2D eigenvalue weighted by Gasteiger charge is 2.12. The van der Waals surface area contributed by atoms with Gasteiger partial charge in [-0.15, -0.1) is 0 Å². The number of rotatable bonds is 4. The maximum atomic E-state index is 13.7.